The molecule has 0 aromatic heterocycles. The van der Waals surface area contributed by atoms with Gasteiger partial charge in [-0.25, -0.2) is 0 Å². The summed E-state index contributed by atoms with van der Waals surface area (Å²) in [7, 11) is 1.33. The van der Waals surface area contributed by atoms with Gasteiger partial charge in [0.05, 0.1) is 41.1 Å². The van der Waals surface area contributed by atoms with Gasteiger partial charge in [0.25, 0.3) is 16.8 Å². The predicted molar refractivity (Wildman–Crippen MR) is 133 cm³/mol. The van der Waals surface area contributed by atoms with E-state index in [1.807, 2.05) is 0 Å². The van der Waals surface area contributed by atoms with Gasteiger partial charge in [0.15, 0.2) is 11.5 Å². The van der Waals surface area contributed by atoms with Crippen molar-refractivity contribution in [1.29, 1.82) is 0 Å². The molecule has 2 saturated heterocycles. The predicted octanol–water partition coefficient (Wildman–Crippen LogP) is 3.20. The number of amides is 3. The Kier molecular flexibility index (Phi) is 7.87. The topological polar surface area (TPSA) is 172 Å². The zero-order valence-corrected chi connectivity index (χ0v) is 20.7. The Morgan fingerprint density at radius 2 is 1.84 bits per heavy atom. The Labute approximate surface area is 219 Å². The summed E-state index contributed by atoms with van der Waals surface area (Å²) in [5.74, 6) is -1.25. The standard InChI is InChI=1S/C23H20N4O10S/c1-35-18-4-2-3-14(21(18)37-17-6-5-15(26(31)32)12-16(17)27(33)34)11-19-22(29)25(23(30)38-19)13-20(28)24-7-9-36-10-8-24/h2-6,11-12H,7-10,13H2,1H3/b19-11+. The number of morpholine rings is 1. The SMILES string of the molecule is COc1cccc(/C=C2/SC(=O)N(CC(=O)N3CCOCC3)C2=O)c1Oc1ccc([N+](=O)[O-])cc1[N+](=O)[O-]. The maximum Gasteiger partial charge on any atom is 0.318 e. The summed E-state index contributed by atoms with van der Waals surface area (Å²) < 4.78 is 16.3. The van der Waals surface area contributed by atoms with Crippen molar-refractivity contribution in [3.8, 4) is 17.2 Å². The van der Waals surface area contributed by atoms with Crippen LogP contribution in [0.4, 0.5) is 16.2 Å². The summed E-state index contributed by atoms with van der Waals surface area (Å²) in [6.45, 7) is 1.06. The molecule has 0 bridgehead atoms. The fourth-order valence-corrected chi connectivity index (χ4v) is 4.53. The molecule has 0 N–H and O–H groups in total. The number of imide groups is 1. The third-order valence-electron chi connectivity index (χ3n) is 5.61. The van der Waals surface area contributed by atoms with Gasteiger partial charge in [0.1, 0.15) is 6.54 Å². The number of para-hydroxylation sites is 1. The van der Waals surface area contributed by atoms with E-state index in [1.165, 1.54) is 30.2 Å². The quantitative estimate of drug-likeness (QED) is 0.271. The van der Waals surface area contributed by atoms with Crippen molar-refractivity contribution in [3.63, 3.8) is 0 Å². The van der Waals surface area contributed by atoms with Crippen LogP contribution in [0.2, 0.25) is 0 Å². The number of ether oxygens (including phenoxy) is 3. The Bertz CT molecular complexity index is 1360. The van der Waals surface area contributed by atoms with Gasteiger partial charge in [-0.1, -0.05) is 12.1 Å². The van der Waals surface area contributed by atoms with Gasteiger partial charge in [-0.15, -0.1) is 0 Å². The molecule has 0 saturated carbocycles. The lowest BCUT2D eigenvalue weighted by Gasteiger charge is -2.28. The first-order valence-electron chi connectivity index (χ1n) is 11.1. The smallest absolute Gasteiger partial charge is 0.318 e. The van der Waals surface area contributed by atoms with E-state index in [2.05, 4.69) is 0 Å². The van der Waals surface area contributed by atoms with Crippen molar-refractivity contribution in [3.05, 3.63) is 67.1 Å². The Morgan fingerprint density at radius 3 is 2.50 bits per heavy atom. The van der Waals surface area contributed by atoms with Crippen LogP contribution >= 0.6 is 11.8 Å². The van der Waals surface area contributed by atoms with Crippen LogP contribution in [0.5, 0.6) is 17.2 Å². The monoisotopic (exact) mass is 544 g/mol. The maximum absolute atomic E-state index is 13.0. The minimum absolute atomic E-state index is 0.001000. The molecule has 0 radical (unpaired) electrons. The largest absolute Gasteiger partial charge is 0.493 e. The van der Waals surface area contributed by atoms with Gasteiger partial charge in [-0.3, -0.25) is 39.5 Å². The Hall–Kier alpha value is -4.50. The number of nitrogens with zero attached hydrogens (tertiary/aromatic N) is 4. The second kappa shape index (κ2) is 11.3. The number of rotatable bonds is 8. The fourth-order valence-electron chi connectivity index (χ4n) is 3.70. The number of hydrogen-bond donors (Lipinski definition) is 0. The van der Waals surface area contributed by atoms with Crippen molar-refractivity contribution in [2.45, 2.75) is 0 Å². The summed E-state index contributed by atoms with van der Waals surface area (Å²) >= 11 is 0.630. The molecule has 2 aliphatic heterocycles. The van der Waals surface area contributed by atoms with E-state index in [4.69, 9.17) is 14.2 Å². The first-order chi connectivity index (χ1) is 18.2. The highest BCUT2D eigenvalue weighted by molar-refractivity contribution is 8.18. The molecular formula is C23H20N4O10S. The molecule has 38 heavy (non-hydrogen) atoms. The average molecular weight is 544 g/mol. The van der Waals surface area contributed by atoms with E-state index >= 15 is 0 Å². The average Bonchev–Trinajstić information content (AvgIpc) is 3.17. The maximum atomic E-state index is 13.0. The van der Waals surface area contributed by atoms with Gasteiger partial charge in [0, 0.05) is 24.7 Å². The number of benzene rings is 2. The Balaban J connectivity index is 1.64. The lowest BCUT2D eigenvalue weighted by atomic mass is 10.1. The fraction of sp³-hybridized carbons (Fsp3) is 0.261. The van der Waals surface area contributed by atoms with Gasteiger partial charge < -0.3 is 19.1 Å². The van der Waals surface area contributed by atoms with E-state index in [0.717, 1.165) is 23.1 Å². The van der Waals surface area contributed by atoms with Crippen LogP contribution in [0.25, 0.3) is 6.08 Å². The van der Waals surface area contributed by atoms with Crippen molar-refractivity contribution >= 4 is 46.3 Å². The number of hydrogen-bond acceptors (Lipinski definition) is 11. The molecule has 0 aliphatic carbocycles. The zero-order chi connectivity index (χ0) is 27.4. The molecule has 2 aliphatic rings. The van der Waals surface area contributed by atoms with Crippen molar-refractivity contribution in [2.75, 3.05) is 40.0 Å². The molecule has 4 rings (SSSR count). The normalized spacial score (nSPS) is 16.6. The van der Waals surface area contributed by atoms with Crippen LogP contribution in [0.15, 0.2) is 41.3 Å². The highest BCUT2D eigenvalue weighted by Crippen LogP contribution is 2.42. The highest BCUT2D eigenvalue weighted by Gasteiger charge is 2.37. The molecule has 2 aromatic rings. The van der Waals surface area contributed by atoms with Gasteiger partial charge >= 0.3 is 5.69 Å². The molecule has 15 heteroatoms. The second-order valence-electron chi connectivity index (χ2n) is 7.91. The first-order valence-corrected chi connectivity index (χ1v) is 11.9. The van der Waals surface area contributed by atoms with E-state index in [9.17, 15) is 34.6 Å². The third kappa shape index (κ3) is 5.57. The van der Waals surface area contributed by atoms with Crippen LogP contribution in [0.3, 0.4) is 0 Å². The first kappa shape index (κ1) is 26.6. The molecular weight excluding hydrogens is 524 g/mol. The molecule has 3 amide bonds. The van der Waals surface area contributed by atoms with Crippen molar-refractivity contribution < 1.29 is 38.4 Å². The summed E-state index contributed by atoms with van der Waals surface area (Å²) in [4.78, 5) is 61.5. The minimum atomic E-state index is -0.825. The van der Waals surface area contributed by atoms with Crippen LogP contribution < -0.4 is 9.47 Å². The van der Waals surface area contributed by atoms with Gasteiger partial charge in [-0.2, -0.15) is 0 Å². The van der Waals surface area contributed by atoms with Crippen molar-refractivity contribution in [2.24, 2.45) is 0 Å². The number of nitro groups is 2. The van der Waals surface area contributed by atoms with Crippen LogP contribution in [-0.4, -0.2) is 76.7 Å². The number of nitro benzene ring substituents is 2. The molecule has 0 spiro atoms. The number of non-ortho nitro benzene ring substituents is 1. The summed E-state index contributed by atoms with van der Waals surface area (Å²) in [5, 5.41) is 22.0. The third-order valence-corrected chi connectivity index (χ3v) is 6.52. The summed E-state index contributed by atoms with van der Waals surface area (Å²) in [6.07, 6.45) is 1.35. The van der Waals surface area contributed by atoms with E-state index in [-0.39, 0.29) is 33.6 Å². The van der Waals surface area contributed by atoms with E-state index < -0.39 is 38.9 Å². The summed E-state index contributed by atoms with van der Waals surface area (Å²) in [5.41, 5.74) is -0.912. The minimum Gasteiger partial charge on any atom is -0.493 e. The Morgan fingerprint density at radius 1 is 1.11 bits per heavy atom. The molecule has 2 fully saturated rings. The zero-order valence-electron chi connectivity index (χ0n) is 19.9. The second-order valence-corrected chi connectivity index (χ2v) is 8.90. The lowest BCUT2D eigenvalue weighted by molar-refractivity contribution is -0.394. The lowest BCUT2D eigenvalue weighted by Crippen LogP contribution is -2.46. The molecule has 0 unspecified atom stereocenters. The number of methoxy groups -OCH3 is 1. The summed E-state index contributed by atoms with van der Waals surface area (Å²) in [6, 6.07) is 7.51. The number of thioether (sulfide) groups is 1. The van der Waals surface area contributed by atoms with E-state index in [0.29, 0.717) is 38.1 Å². The van der Waals surface area contributed by atoms with Crippen molar-refractivity contribution in [1.82, 2.24) is 9.80 Å². The van der Waals surface area contributed by atoms with Crippen LogP contribution in [0, 0.1) is 20.2 Å². The molecule has 198 valence electrons. The number of carbonyl (C=O) groups is 3. The van der Waals surface area contributed by atoms with Crippen LogP contribution in [0.1, 0.15) is 5.56 Å². The van der Waals surface area contributed by atoms with Gasteiger partial charge in [0.2, 0.25) is 11.7 Å². The molecule has 2 aromatic carbocycles. The highest BCUT2D eigenvalue weighted by atomic mass is 32.2. The van der Waals surface area contributed by atoms with E-state index in [1.54, 1.807) is 6.07 Å². The van der Waals surface area contributed by atoms with Crippen LogP contribution in [-0.2, 0) is 14.3 Å². The van der Waals surface area contributed by atoms with Gasteiger partial charge in [-0.05, 0) is 30.0 Å². The number of carbonyl (C=O) groups excluding carboxylic acids is 3. The molecule has 2 heterocycles. The molecule has 0 atom stereocenters. The molecule has 14 nitrogen and oxygen atoms in total.